The van der Waals surface area contributed by atoms with Crippen molar-refractivity contribution in [1.82, 2.24) is 4.90 Å². The van der Waals surface area contributed by atoms with Gasteiger partial charge >= 0.3 is 7.12 Å². The molecule has 1 amide bonds. The van der Waals surface area contributed by atoms with Crippen LogP contribution in [0.5, 0.6) is 0 Å². The second kappa shape index (κ2) is 7.07. The first kappa shape index (κ1) is 17.2. The van der Waals surface area contributed by atoms with Gasteiger partial charge in [0.15, 0.2) is 0 Å². The zero-order valence-electron chi connectivity index (χ0n) is 13.9. The molecule has 1 heterocycles. The van der Waals surface area contributed by atoms with E-state index in [0.717, 1.165) is 19.5 Å². The third-order valence-corrected chi connectivity index (χ3v) is 5.63. The molecule has 5 nitrogen and oxygen atoms in total. The number of carbonyl (C=O) groups excluding carboxylic acids is 2. The van der Waals surface area contributed by atoms with Crippen LogP contribution in [0.25, 0.3) is 0 Å². The van der Waals surface area contributed by atoms with E-state index in [1.165, 1.54) is 50.7 Å². The molecule has 1 aromatic rings. The Morgan fingerprint density at radius 1 is 1.12 bits per heavy atom. The summed E-state index contributed by atoms with van der Waals surface area (Å²) in [4.78, 5) is 25.8. The first-order valence-electron chi connectivity index (χ1n) is 8.79. The number of aldehydes is 1. The molecule has 1 aliphatic carbocycles. The summed E-state index contributed by atoms with van der Waals surface area (Å²) in [5.41, 5.74) is 0.996. The summed E-state index contributed by atoms with van der Waals surface area (Å²) in [6.07, 6.45) is 9.11. The molecular formula is C18H24BNO4. The molecule has 2 N–H and O–H groups in total. The van der Waals surface area contributed by atoms with Crippen LogP contribution in [-0.4, -0.2) is 47.3 Å². The van der Waals surface area contributed by atoms with Crippen LogP contribution in [0, 0.1) is 5.41 Å². The van der Waals surface area contributed by atoms with Gasteiger partial charge in [0.2, 0.25) is 0 Å². The van der Waals surface area contributed by atoms with E-state index in [-0.39, 0.29) is 22.3 Å². The molecule has 1 aromatic carbocycles. The highest BCUT2D eigenvalue weighted by Crippen LogP contribution is 2.42. The van der Waals surface area contributed by atoms with Gasteiger partial charge in [-0.05, 0) is 42.3 Å². The molecule has 1 aliphatic heterocycles. The van der Waals surface area contributed by atoms with Crippen molar-refractivity contribution >= 4 is 24.8 Å². The average Bonchev–Trinajstić information content (AvgIpc) is 2.86. The lowest BCUT2D eigenvalue weighted by atomic mass is 9.76. The molecule has 2 aliphatic rings. The zero-order valence-corrected chi connectivity index (χ0v) is 13.9. The number of carbonyl (C=O) groups is 2. The fourth-order valence-corrected chi connectivity index (χ4v) is 4.22. The smallest absolute Gasteiger partial charge is 0.423 e. The highest BCUT2D eigenvalue weighted by molar-refractivity contribution is 6.60. The maximum atomic E-state index is 12.8. The van der Waals surface area contributed by atoms with E-state index in [0.29, 0.717) is 11.8 Å². The molecule has 0 unspecified atom stereocenters. The molecule has 24 heavy (non-hydrogen) atoms. The van der Waals surface area contributed by atoms with E-state index in [1.807, 2.05) is 4.90 Å². The summed E-state index contributed by atoms with van der Waals surface area (Å²) in [5.74, 6) is -0.0711. The van der Waals surface area contributed by atoms with Crippen LogP contribution in [0.3, 0.4) is 0 Å². The number of amides is 1. The van der Waals surface area contributed by atoms with Crippen molar-refractivity contribution in [2.75, 3.05) is 13.1 Å². The fraction of sp³-hybridized carbons (Fsp3) is 0.556. The van der Waals surface area contributed by atoms with Crippen LogP contribution in [0.2, 0.25) is 0 Å². The first-order chi connectivity index (χ1) is 11.5. The maximum Gasteiger partial charge on any atom is 0.489 e. The van der Waals surface area contributed by atoms with Crippen LogP contribution in [0.4, 0.5) is 0 Å². The second-order valence-electron chi connectivity index (χ2n) is 7.23. The number of rotatable bonds is 3. The van der Waals surface area contributed by atoms with Crippen molar-refractivity contribution in [2.24, 2.45) is 5.41 Å². The average molecular weight is 329 g/mol. The number of benzene rings is 1. The lowest BCUT2D eigenvalue weighted by molar-refractivity contribution is 0.0767. The van der Waals surface area contributed by atoms with Gasteiger partial charge in [0.1, 0.15) is 6.29 Å². The minimum atomic E-state index is -1.71. The number of nitrogens with zero attached hydrogens (tertiary/aromatic N) is 1. The van der Waals surface area contributed by atoms with Crippen molar-refractivity contribution in [3.05, 3.63) is 29.3 Å². The third-order valence-electron chi connectivity index (χ3n) is 5.63. The molecule has 0 atom stereocenters. The maximum absolute atomic E-state index is 12.8. The van der Waals surface area contributed by atoms with Crippen molar-refractivity contribution in [3.63, 3.8) is 0 Å². The highest BCUT2D eigenvalue weighted by atomic mass is 16.4. The molecule has 0 radical (unpaired) electrons. The van der Waals surface area contributed by atoms with E-state index in [2.05, 4.69) is 0 Å². The number of likely N-dealkylation sites (tertiary alicyclic amines) is 1. The van der Waals surface area contributed by atoms with Gasteiger partial charge in [-0.3, -0.25) is 9.59 Å². The van der Waals surface area contributed by atoms with Gasteiger partial charge in [-0.15, -0.1) is 0 Å². The highest BCUT2D eigenvalue weighted by Gasteiger charge is 2.40. The Hall–Kier alpha value is -1.66. The Kier molecular flexibility index (Phi) is 5.06. The summed E-state index contributed by atoms with van der Waals surface area (Å²) in [6.45, 7) is 1.56. The monoisotopic (exact) mass is 329 g/mol. The predicted octanol–water partition coefficient (Wildman–Crippen LogP) is 1.37. The molecule has 128 valence electrons. The second-order valence-corrected chi connectivity index (χ2v) is 7.23. The molecule has 3 rings (SSSR count). The minimum Gasteiger partial charge on any atom is -0.423 e. The van der Waals surface area contributed by atoms with Gasteiger partial charge < -0.3 is 14.9 Å². The molecule has 2 fully saturated rings. The predicted molar refractivity (Wildman–Crippen MR) is 92.3 cm³/mol. The van der Waals surface area contributed by atoms with Gasteiger partial charge in [0.25, 0.3) is 5.91 Å². The third kappa shape index (κ3) is 3.40. The van der Waals surface area contributed by atoms with Crippen LogP contribution in [-0.2, 0) is 0 Å². The molecule has 6 heteroatoms. The lowest BCUT2D eigenvalue weighted by Crippen LogP contribution is -2.35. The van der Waals surface area contributed by atoms with E-state index in [4.69, 9.17) is 0 Å². The summed E-state index contributed by atoms with van der Waals surface area (Å²) in [5, 5.41) is 18.5. The minimum absolute atomic E-state index is 0.0711. The quantitative estimate of drug-likeness (QED) is 0.648. The summed E-state index contributed by atoms with van der Waals surface area (Å²) in [7, 11) is -1.71. The fourth-order valence-electron chi connectivity index (χ4n) is 4.22. The standard InChI is InChI=1S/C18H24BNO4/c21-12-15-11-14(5-6-16(15)19(23)24)17(22)20-10-9-18(13-20)7-3-1-2-4-8-18/h5-6,11-12,23-24H,1-4,7-10,13H2. The molecule has 0 aromatic heterocycles. The van der Waals surface area contributed by atoms with E-state index in [1.54, 1.807) is 6.07 Å². The SMILES string of the molecule is O=Cc1cc(C(=O)N2CCC3(CCCCCC3)C2)ccc1B(O)O. The normalized spacial score (nSPS) is 20.0. The molecular weight excluding hydrogens is 305 g/mol. The van der Waals surface area contributed by atoms with E-state index >= 15 is 0 Å². The number of hydrogen-bond donors (Lipinski definition) is 2. The van der Waals surface area contributed by atoms with Gasteiger partial charge in [-0.25, -0.2) is 0 Å². The van der Waals surface area contributed by atoms with Gasteiger partial charge in [-0.1, -0.05) is 31.7 Å². The summed E-state index contributed by atoms with van der Waals surface area (Å²) in [6, 6.07) is 4.48. The number of hydrogen-bond acceptors (Lipinski definition) is 4. The summed E-state index contributed by atoms with van der Waals surface area (Å²) < 4.78 is 0. The van der Waals surface area contributed by atoms with E-state index < -0.39 is 7.12 Å². The van der Waals surface area contributed by atoms with Gasteiger partial charge in [-0.2, -0.15) is 0 Å². The molecule has 1 saturated heterocycles. The van der Waals surface area contributed by atoms with Crippen LogP contribution >= 0.6 is 0 Å². The Balaban J connectivity index is 1.76. The van der Waals surface area contributed by atoms with Crippen molar-refractivity contribution in [1.29, 1.82) is 0 Å². The molecule has 1 saturated carbocycles. The van der Waals surface area contributed by atoms with Crippen molar-refractivity contribution in [3.8, 4) is 0 Å². The topological polar surface area (TPSA) is 77.8 Å². The lowest BCUT2D eigenvalue weighted by Gasteiger charge is -2.27. The van der Waals surface area contributed by atoms with Crippen LogP contribution in [0.1, 0.15) is 65.7 Å². The molecule has 0 bridgehead atoms. The Bertz CT molecular complexity index is 623. The van der Waals surface area contributed by atoms with Crippen LogP contribution < -0.4 is 5.46 Å². The zero-order chi connectivity index (χ0) is 17.2. The van der Waals surface area contributed by atoms with Gasteiger partial charge in [0.05, 0.1) is 0 Å². The Morgan fingerprint density at radius 2 is 1.83 bits per heavy atom. The Morgan fingerprint density at radius 3 is 2.46 bits per heavy atom. The Labute approximate surface area is 142 Å². The van der Waals surface area contributed by atoms with E-state index in [9.17, 15) is 19.6 Å². The van der Waals surface area contributed by atoms with Gasteiger partial charge in [0, 0.05) is 24.2 Å². The summed E-state index contributed by atoms with van der Waals surface area (Å²) >= 11 is 0. The van der Waals surface area contributed by atoms with Crippen molar-refractivity contribution < 1.29 is 19.6 Å². The molecule has 1 spiro atoms. The van der Waals surface area contributed by atoms with Crippen LogP contribution in [0.15, 0.2) is 18.2 Å². The van der Waals surface area contributed by atoms with Crippen molar-refractivity contribution in [2.45, 2.75) is 44.9 Å². The first-order valence-corrected chi connectivity index (χ1v) is 8.79. The largest absolute Gasteiger partial charge is 0.489 e.